The van der Waals surface area contributed by atoms with E-state index in [-0.39, 0.29) is 0 Å². The van der Waals surface area contributed by atoms with Crippen LogP contribution in [0.15, 0.2) is 277 Å². The molecule has 0 bridgehead atoms. The lowest BCUT2D eigenvalue weighted by atomic mass is 9.68. The molecule has 0 amide bonds. The Labute approximate surface area is 413 Å². The normalized spacial score (nSPS) is 12.6. The number of rotatable bonds is 8. The van der Waals surface area contributed by atoms with E-state index in [9.17, 15) is 0 Å². The molecule has 332 valence electrons. The van der Waals surface area contributed by atoms with Gasteiger partial charge in [0.25, 0.3) is 0 Å². The topological polar surface area (TPSA) is 16.4 Å². The van der Waals surface area contributed by atoms with Gasteiger partial charge in [-0.2, -0.15) is 0 Å². The number of anilines is 3. The fourth-order valence-corrected chi connectivity index (χ4v) is 11.9. The van der Waals surface area contributed by atoms with E-state index in [0.717, 1.165) is 55.9 Å². The standard InChI is InChI=1S/C69H45NO/c1-4-21-48(22-5-1)64-66-58-31-14-12-29-56(58)57-30-13-15-32-59(57)68(66)71-67(64)49-40-44-53(45-41-49)70(52-42-38-47(39-43-52)55-34-18-23-46-20-10-11-28-54(46)55)63-37-19-36-62-65(63)60-33-16-17-35-61(60)69(62,50-24-6-2-7-25-50)51-26-8-3-9-27-51/h1-45H. The van der Waals surface area contributed by atoms with E-state index in [2.05, 4.69) is 278 Å². The Kier molecular flexibility index (Phi) is 9.47. The minimum Gasteiger partial charge on any atom is -0.455 e. The van der Waals surface area contributed by atoms with Crippen molar-refractivity contribution in [3.05, 3.63) is 295 Å². The van der Waals surface area contributed by atoms with Crippen LogP contribution in [0.3, 0.4) is 0 Å². The summed E-state index contributed by atoms with van der Waals surface area (Å²) in [5.41, 5.74) is 16.7. The fourth-order valence-electron chi connectivity index (χ4n) is 11.9. The molecule has 2 nitrogen and oxygen atoms in total. The van der Waals surface area contributed by atoms with Crippen LogP contribution >= 0.6 is 0 Å². The second-order valence-corrected chi connectivity index (χ2v) is 18.7. The molecule has 0 spiro atoms. The van der Waals surface area contributed by atoms with Gasteiger partial charge in [-0.3, -0.25) is 0 Å². The summed E-state index contributed by atoms with van der Waals surface area (Å²) in [4.78, 5) is 2.45. The molecule has 0 atom stereocenters. The third-order valence-electron chi connectivity index (χ3n) is 14.9. The Balaban J connectivity index is 0.996. The lowest BCUT2D eigenvalue weighted by molar-refractivity contribution is 0.636. The van der Waals surface area contributed by atoms with Crippen LogP contribution in [0.1, 0.15) is 22.3 Å². The van der Waals surface area contributed by atoms with Gasteiger partial charge in [0.05, 0.1) is 11.1 Å². The van der Waals surface area contributed by atoms with Crippen LogP contribution in [0.2, 0.25) is 0 Å². The quantitative estimate of drug-likeness (QED) is 0.141. The summed E-state index contributed by atoms with van der Waals surface area (Å²) < 4.78 is 7.21. The molecule has 0 fully saturated rings. The average molecular weight is 904 g/mol. The lowest BCUT2D eigenvalue weighted by Gasteiger charge is -2.34. The maximum atomic E-state index is 7.21. The van der Waals surface area contributed by atoms with Crippen LogP contribution in [-0.2, 0) is 5.41 Å². The highest BCUT2D eigenvalue weighted by atomic mass is 16.3. The maximum absolute atomic E-state index is 7.21. The zero-order chi connectivity index (χ0) is 46.9. The molecule has 2 heteroatoms. The van der Waals surface area contributed by atoms with Crippen molar-refractivity contribution in [1.82, 2.24) is 0 Å². The van der Waals surface area contributed by atoms with Crippen molar-refractivity contribution >= 4 is 60.3 Å². The van der Waals surface area contributed by atoms with Crippen molar-refractivity contribution in [3.8, 4) is 44.7 Å². The van der Waals surface area contributed by atoms with E-state index >= 15 is 0 Å². The van der Waals surface area contributed by atoms with Crippen molar-refractivity contribution < 1.29 is 4.42 Å². The Morgan fingerprint density at radius 3 is 1.49 bits per heavy atom. The molecule has 0 unspecified atom stereocenters. The highest BCUT2D eigenvalue weighted by molar-refractivity contribution is 6.28. The van der Waals surface area contributed by atoms with Crippen molar-refractivity contribution in [1.29, 1.82) is 0 Å². The predicted molar refractivity (Wildman–Crippen MR) is 297 cm³/mol. The molecule has 1 heterocycles. The van der Waals surface area contributed by atoms with E-state index in [1.807, 2.05) is 0 Å². The van der Waals surface area contributed by atoms with Gasteiger partial charge >= 0.3 is 0 Å². The molecule has 0 aliphatic heterocycles. The van der Waals surface area contributed by atoms with Gasteiger partial charge in [0, 0.05) is 38.8 Å². The highest BCUT2D eigenvalue weighted by Gasteiger charge is 2.47. The molecular weight excluding hydrogens is 859 g/mol. The molecule has 13 aromatic rings. The van der Waals surface area contributed by atoms with Crippen LogP contribution in [0, 0.1) is 0 Å². The Morgan fingerprint density at radius 2 is 0.803 bits per heavy atom. The van der Waals surface area contributed by atoms with Gasteiger partial charge in [-0.15, -0.1) is 0 Å². The third kappa shape index (κ3) is 6.28. The molecule has 0 saturated carbocycles. The molecule has 1 aliphatic rings. The van der Waals surface area contributed by atoms with Crippen molar-refractivity contribution in [2.45, 2.75) is 5.41 Å². The zero-order valence-electron chi connectivity index (χ0n) is 38.8. The molecule has 1 aromatic heterocycles. The molecule has 14 rings (SSSR count). The monoisotopic (exact) mass is 903 g/mol. The SMILES string of the molecule is c1ccc(-c2c(-c3ccc(N(c4ccc(-c5cccc6ccccc56)cc4)c4cccc5c4-c4ccccc4C5(c4ccccc4)c4ccccc4)cc3)oc3c4ccccc4c4ccccc4c23)cc1. The van der Waals surface area contributed by atoms with E-state index < -0.39 is 5.41 Å². The summed E-state index contributed by atoms with van der Waals surface area (Å²) in [7, 11) is 0. The summed E-state index contributed by atoms with van der Waals surface area (Å²) in [5, 5.41) is 8.32. The van der Waals surface area contributed by atoms with E-state index in [1.165, 1.54) is 71.4 Å². The molecule has 71 heavy (non-hydrogen) atoms. The van der Waals surface area contributed by atoms with Crippen LogP contribution in [0.4, 0.5) is 17.1 Å². The minimum absolute atomic E-state index is 0.540. The first kappa shape index (κ1) is 40.8. The first-order chi connectivity index (χ1) is 35.3. The summed E-state index contributed by atoms with van der Waals surface area (Å²) in [6.45, 7) is 0. The van der Waals surface area contributed by atoms with Crippen LogP contribution < -0.4 is 4.90 Å². The Hall–Kier alpha value is -9.24. The van der Waals surface area contributed by atoms with Crippen LogP contribution in [-0.4, -0.2) is 0 Å². The summed E-state index contributed by atoms with van der Waals surface area (Å²) in [5.74, 6) is 0.857. The van der Waals surface area contributed by atoms with Gasteiger partial charge in [0.15, 0.2) is 0 Å². The fraction of sp³-hybridized carbons (Fsp3) is 0.0145. The smallest absolute Gasteiger partial charge is 0.143 e. The first-order valence-corrected chi connectivity index (χ1v) is 24.5. The van der Waals surface area contributed by atoms with Crippen LogP contribution in [0.5, 0.6) is 0 Å². The van der Waals surface area contributed by atoms with Gasteiger partial charge in [0.2, 0.25) is 0 Å². The van der Waals surface area contributed by atoms with Gasteiger partial charge in [-0.25, -0.2) is 0 Å². The maximum Gasteiger partial charge on any atom is 0.143 e. The number of hydrogen-bond donors (Lipinski definition) is 0. The molecule has 0 saturated heterocycles. The van der Waals surface area contributed by atoms with Gasteiger partial charge in [0.1, 0.15) is 11.3 Å². The highest BCUT2D eigenvalue weighted by Crippen LogP contribution is 2.59. The molecular formula is C69H45NO. The molecule has 0 N–H and O–H groups in total. The third-order valence-corrected chi connectivity index (χ3v) is 14.9. The summed E-state index contributed by atoms with van der Waals surface area (Å²) in [6, 6.07) is 99.6. The molecule has 0 radical (unpaired) electrons. The Morgan fingerprint density at radius 1 is 0.310 bits per heavy atom. The van der Waals surface area contributed by atoms with Crippen molar-refractivity contribution in [2.75, 3.05) is 4.90 Å². The zero-order valence-corrected chi connectivity index (χ0v) is 38.8. The number of furan rings is 1. The number of nitrogens with zero attached hydrogens (tertiary/aromatic N) is 1. The van der Waals surface area contributed by atoms with Gasteiger partial charge < -0.3 is 9.32 Å². The predicted octanol–water partition coefficient (Wildman–Crippen LogP) is 18.7. The molecule has 1 aliphatic carbocycles. The lowest BCUT2D eigenvalue weighted by Crippen LogP contribution is -2.28. The molecule has 12 aromatic carbocycles. The summed E-state index contributed by atoms with van der Waals surface area (Å²) >= 11 is 0. The van der Waals surface area contributed by atoms with E-state index in [4.69, 9.17) is 4.42 Å². The van der Waals surface area contributed by atoms with Crippen LogP contribution in [0.25, 0.3) is 88.0 Å². The second kappa shape index (κ2) is 16.5. The number of benzene rings is 12. The largest absolute Gasteiger partial charge is 0.455 e. The first-order valence-electron chi connectivity index (χ1n) is 24.5. The average Bonchev–Trinajstić information content (AvgIpc) is 4.01. The van der Waals surface area contributed by atoms with Gasteiger partial charge in [-0.1, -0.05) is 231 Å². The van der Waals surface area contributed by atoms with Crippen molar-refractivity contribution in [2.24, 2.45) is 0 Å². The Bertz CT molecular complexity index is 4090. The summed E-state index contributed by atoms with van der Waals surface area (Å²) in [6.07, 6.45) is 0. The van der Waals surface area contributed by atoms with E-state index in [1.54, 1.807) is 0 Å². The number of fused-ring (bicyclic) bond motifs is 10. The number of hydrogen-bond acceptors (Lipinski definition) is 2. The minimum atomic E-state index is -0.540. The second-order valence-electron chi connectivity index (χ2n) is 18.7. The van der Waals surface area contributed by atoms with E-state index in [0.29, 0.717) is 0 Å². The van der Waals surface area contributed by atoms with Crippen molar-refractivity contribution in [3.63, 3.8) is 0 Å². The van der Waals surface area contributed by atoms with Gasteiger partial charge in [-0.05, 0) is 114 Å².